The van der Waals surface area contributed by atoms with Crippen LogP contribution in [0.5, 0.6) is 0 Å². The first-order valence-corrected chi connectivity index (χ1v) is 9.44. The van der Waals surface area contributed by atoms with Gasteiger partial charge in [-0.05, 0) is 50.1 Å². The van der Waals surface area contributed by atoms with E-state index in [2.05, 4.69) is 9.98 Å². The van der Waals surface area contributed by atoms with Crippen LogP contribution >= 0.6 is 0 Å². The van der Waals surface area contributed by atoms with Crippen molar-refractivity contribution >= 4 is 17.9 Å². The maximum absolute atomic E-state index is 12.9. The summed E-state index contributed by atoms with van der Waals surface area (Å²) in [6.45, 7) is 4.80. The molecule has 29 heavy (non-hydrogen) atoms. The molecule has 1 aliphatic rings. The van der Waals surface area contributed by atoms with Gasteiger partial charge in [-0.25, -0.2) is 4.98 Å². The molecule has 1 unspecified atom stereocenters. The zero-order valence-corrected chi connectivity index (χ0v) is 16.3. The molecule has 0 bridgehead atoms. The van der Waals surface area contributed by atoms with Crippen molar-refractivity contribution < 1.29 is 18.0 Å². The second-order valence-electron chi connectivity index (χ2n) is 7.10. The van der Waals surface area contributed by atoms with Gasteiger partial charge in [0, 0.05) is 36.9 Å². The molecule has 1 saturated heterocycles. The average molecular weight is 404 g/mol. The van der Waals surface area contributed by atoms with Crippen LogP contribution < -0.4 is 5.73 Å². The maximum Gasteiger partial charge on any atom is 0.416 e. The molecular formula is C21H23F3N4O. The van der Waals surface area contributed by atoms with E-state index in [1.54, 1.807) is 30.2 Å². The molecule has 1 amide bonds. The third-order valence-corrected chi connectivity index (χ3v) is 5.07. The molecule has 0 spiro atoms. The largest absolute Gasteiger partial charge is 0.416 e. The van der Waals surface area contributed by atoms with Crippen LogP contribution in [0, 0.1) is 6.92 Å². The number of pyridine rings is 1. The number of piperidine rings is 1. The minimum atomic E-state index is -4.38. The smallest absolute Gasteiger partial charge is 0.383 e. The van der Waals surface area contributed by atoms with Crippen molar-refractivity contribution in [3.05, 3.63) is 47.0 Å². The van der Waals surface area contributed by atoms with Crippen molar-refractivity contribution in [2.45, 2.75) is 38.9 Å². The number of hydrogen-bond acceptors (Lipinski definition) is 4. The van der Waals surface area contributed by atoms with E-state index in [9.17, 15) is 18.0 Å². The zero-order valence-electron chi connectivity index (χ0n) is 16.3. The molecule has 1 atom stereocenters. The Kier molecular flexibility index (Phi) is 5.91. The Labute approximate surface area is 167 Å². The van der Waals surface area contributed by atoms with Crippen LogP contribution in [0.25, 0.3) is 11.3 Å². The Bertz CT molecular complexity index is 940. The third kappa shape index (κ3) is 4.75. The van der Waals surface area contributed by atoms with Crippen LogP contribution in [0.1, 0.15) is 36.5 Å². The second-order valence-corrected chi connectivity index (χ2v) is 7.10. The summed E-state index contributed by atoms with van der Waals surface area (Å²) >= 11 is 0. The number of amides is 1. The van der Waals surface area contributed by atoms with Crippen molar-refractivity contribution in [1.29, 1.82) is 0 Å². The molecule has 2 aromatic rings. The predicted molar refractivity (Wildman–Crippen MR) is 107 cm³/mol. The normalized spacial score (nSPS) is 17.9. The monoisotopic (exact) mass is 404 g/mol. The lowest BCUT2D eigenvalue weighted by Crippen LogP contribution is -2.41. The Morgan fingerprint density at radius 2 is 2.07 bits per heavy atom. The minimum absolute atomic E-state index is 0.0175. The van der Waals surface area contributed by atoms with Crippen LogP contribution in [-0.4, -0.2) is 41.1 Å². The zero-order chi connectivity index (χ0) is 21.2. The number of carbonyl (C=O) groups is 1. The lowest BCUT2D eigenvalue weighted by atomic mass is 10.0. The maximum atomic E-state index is 12.9. The van der Waals surface area contributed by atoms with E-state index in [0.29, 0.717) is 48.3 Å². The molecule has 1 aliphatic heterocycles. The number of aromatic nitrogens is 1. The first-order chi connectivity index (χ1) is 13.7. The van der Waals surface area contributed by atoms with Gasteiger partial charge < -0.3 is 10.6 Å². The number of anilines is 1. The summed E-state index contributed by atoms with van der Waals surface area (Å²) < 4.78 is 38.6. The topological polar surface area (TPSA) is 71.6 Å². The molecule has 5 nitrogen and oxygen atoms in total. The van der Waals surface area contributed by atoms with E-state index in [-0.39, 0.29) is 17.8 Å². The number of carbonyl (C=O) groups excluding carboxylic acids is 1. The highest BCUT2D eigenvalue weighted by Gasteiger charge is 2.30. The Morgan fingerprint density at radius 1 is 1.31 bits per heavy atom. The number of likely N-dealkylation sites (N-methyl/N-ethyl adjacent to an activating group) is 1. The van der Waals surface area contributed by atoms with E-state index >= 15 is 0 Å². The van der Waals surface area contributed by atoms with Gasteiger partial charge in [0.2, 0.25) is 5.91 Å². The molecule has 8 heteroatoms. The van der Waals surface area contributed by atoms with Gasteiger partial charge in [-0.1, -0.05) is 6.07 Å². The first-order valence-electron chi connectivity index (χ1n) is 9.44. The van der Waals surface area contributed by atoms with Crippen LogP contribution in [0.4, 0.5) is 19.0 Å². The molecule has 0 radical (unpaired) electrons. The number of benzene rings is 1. The van der Waals surface area contributed by atoms with E-state index in [4.69, 9.17) is 5.73 Å². The minimum Gasteiger partial charge on any atom is -0.383 e. The average Bonchev–Trinajstić information content (AvgIpc) is 2.67. The van der Waals surface area contributed by atoms with Gasteiger partial charge in [0.1, 0.15) is 5.82 Å². The summed E-state index contributed by atoms with van der Waals surface area (Å²) in [5.41, 5.74) is 7.57. The van der Waals surface area contributed by atoms with Crippen molar-refractivity contribution in [3.63, 3.8) is 0 Å². The fraction of sp³-hybridized carbons (Fsp3) is 0.381. The van der Waals surface area contributed by atoms with Crippen molar-refractivity contribution in [2.24, 2.45) is 4.99 Å². The number of nitrogens with zero attached hydrogens (tertiary/aromatic N) is 3. The van der Waals surface area contributed by atoms with Gasteiger partial charge in [0.25, 0.3) is 0 Å². The van der Waals surface area contributed by atoms with E-state index in [1.807, 2.05) is 6.92 Å². The standard InChI is InChI=1S/C21H23F3N4O/c1-3-28-12-16(6-9-19(28)29)26-11-14-4-8-18(27-20(14)25)17-7-5-15(10-13(17)2)21(22,23)24/h4-5,7-8,10-11,16H,3,6,9,12H2,1-2H3,(H2,25,27). The lowest BCUT2D eigenvalue weighted by molar-refractivity contribution is -0.137. The molecular weight excluding hydrogens is 381 g/mol. The van der Waals surface area contributed by atoms with Crippen LogP contribution in [-0.2, 0) is 11.0 Å². The number of halogens is 3. The van der Waals surface area contributed by atoms with Gasteiger partial charge in [-0.2, -0.15) is 13.2 Å². The molecule has 0 aliphatic carbocycles. The van der Waals surface area contributed by atoms with E-state index in [0.717, 1.165) is 12.1 Å². The van der Waals surface area contributed by atoms with Crippen LogP contribution in [0.3, 0.4) is 0 Å². The Hall–Kier alpha value is -2.90. The summed E-state index contributed by atoms with van der Waals surface area (Å²) in [6, 6.07) is 7.04. The van der Waals surface area contributed by atoms with Gasteiger partial charge in [-0.3, -0.25) is 9.79 Å². The summed E-state index contributed by atoms with van der Waals surface area (Å²) in [4.78, 5) is 22.4. The number of hydrogen-bond donors (Lipinski definition) is 1. The van der Waals surface area contributed by atoms with E-state index in [1.165, 1.54) is 6.07 Å². The number of nitrogen functional groups attached to an aromatic ring is 1. The molecule has 0 saturated carbocycles. The summed E-state index contributed by atoms with van der Waals surface area (Å²) in [7, 11) is 0. The van der Waals surface area contributed by atoms with Crippen molar-refractivity contribution in [2.75, 3.05) is 18.8 Å². The molecule has 1 aromatic carbocycles. The van der Waals surface area contributed by atoms with Crippen LogP contribution in [0.15, 0.2) is 35.3 Å². The number of aliphatic imine (C=N–C) groups is 1. The van der Waals surface area contributed by atoms with Gasteiger partial charge in [-0.15, -0.1) is 0 Å². The third-order valence-electron chi connectivity index (χ3n) is 5.07. The van der Waals surface area contributed by atoms with Gasteiger partial charge in [0.15, 0.2) is 0 Å². The SMILES string of the molecule is CCN1CC(N=Cc2ccc(-c3ccc(C(F)(F)F)cc3C)nc2N)CCC1=O. The fourth-order valence-corrected chi connectivity index (χ4v) is 3.38. The number of aryl methyl sites for hydroxylation is 1. The number of nitrogens with two attached hydrogens (primary N) is 1. The summed E-state index contributed by atoms with van der Waals surface area (Å²) in [5.74, 6) is 0.404. The highest BCUT2D eigenvalue weighted by atomic mass is 19.4. The quantitative estimate of drug-likeness (QED) is 0.781. The molecule has 1 aromatic heterocycles. The number of alkyl halides is 3. The first kappa shape index (κ1) is 20.8. The highest BCUT2D eigenvalue weighted by molar-refractivity contribution is 5.87. The summed E-state index contributed by atoms with van der Waals surface area (Å²) in [5, 5.41) is 0. The number of likely N-dealkylation sites (tertiary alicyclic amines) is 1. The Morgan fingerprint density at radius 3 is 2.69 bits per heavy atom. The Balaban J connectivity index is 1.78. The van der Waals surface area contributed by atoms with Gasteiger partial charge >= 0.3 is 6.18 Å². The molecule has 3 rings (SSSR count). The van der Waals surface area contributed by atoms with Crippen LogP contribution in [0.2, 0.25) is 0 Å². The van der Waals surface area contributed by atoms with Crippen molar-refractivity contribution in [3.8, 4) is 11.3 Å². The highest BCUT2D eigenvalue weighted by Crippen LogP contribution is 2.33. The second kappa shape index (κ2) is 8.23. The molecule has 154 valence electrons. The number of rotatable bonds is 4. The lowest BCUT2D eigenvalue weighted by Gasteiger charge is -2.29. The van der Waals surface area contributed by atoms with Gasteiger partial charge in [0.05, 0.1) is 17.3 Å². The molecule has 2 heterocycles. The molecule has 1 fully saturated rings. The van der Waals surface area contributed by atoms with Crippen molar-refractivity contribution in [1.82, 2.24) is 9.88 Å². The van der Waals surface area contributed by atoms with E-state index < -0.39 is 11.7 Å². The fourth-order valence-electron chi connectivity index (χ4n) is 3.38. The summed E-state index contributed by atoms with van der Waals surface area (Å²) in [6.07, 6.45) is -1.55. The molecule has 2 N–H and O–H groups in total. The predicted octanol–water partition coefficient (Wildman–Crippen LogP) is 4.09.